The molecular weight excluding hydrogens is 390 g/mol. The third-order valence-corrected chi connectivity index (χ3v) is 5.71. The van der Waals surface area contributed by atoms with Crippen molar-refractivity contribution >= 4 is 23.3 Å². The summed E-state index contributed by atoms with van der Waals surface area (Å²) in [7, 11) is 3.73. The fourth-order valence-corrected chi connectivity index (χ4v) is 3.97. The lowest BCUT2D eigenvalue weighted by Crippen LogP contribution is -2.30. The van der Waals surface area contributed by atoms with Crippen molar-refractivity contribution in [1.82, 2.24) is 0 Å². The van der Waals surface area contributed by atoms with Crippen LogP contribution in [0.1, 0.15) is 32.6 Å². The first-order valence-electron chi connectivity index (χ1n) is 9.09. The molecular formula is C23H20ClNO4. The predicted molar refractivity (Wildman–Crippen MR) is 112 cm³/mol. The van der Waals surface area contributed by atoms with Crippen LogP contribution in [-0.2, 0) is 10.3 Å². The topological polar surface area (TPSA) is 70.0 Å². The van der Waals surface area contributed by atoms with Crippen LogP contribution in [0.25, 0.3) is 0 Å². The van der Waals surface area contributed by atoms with Gasteiger partial charge < -0.3 is 19.8 Å². The van der Waals surface area contributed by atoms with E-state index in [0.29, 0.717) is 32.8 Å². The highest BCUT2D eigenvalue weighted by molar-refractivity contribution is 6.31. The van der Waals surface area contributed by atoms with Crippen molar-refractivity contribution in [2.24, 2.45) is 0 Å². The molecule has 1 aliphatic rings. The van der Waals surface area contributed by atoms with E-state index in [1.165, 1.54) is 6.07 Å². The lowest BCUT2D eigenvalue weighted by atomic mass is 9.78. The molecule has 6 heteroatoms. The zero-order valence-corrected chi connectivity index (χ0v) is 17.0. The number of benzene rings is 3. The number of phenols is 2. The number of ether oxygens (including phenoxy) is 1. The van der Waals surface area contributed by atoms with Gasteiger partial charge in [0.05, 0.1) is 5.56 Å². The Labute approximate surface area is 173 Å². The van der Waals surface area contributed by atoms with Crippen molar-refractivity contribution in [3.8, 4) is 11.5 Å². The molecule has 3 aromatic carbocycles. The van der Waals surface area contributed by atoms with E-state index in [-0.39, 0.29) is 11.5 Å². The fourth-order valence-electron chi connectivity index (χ4n) is 3.81. The minimum absolute atomic E-state index is 0.0484. The number of esters is 1. The van der Waals surface area contributed by atoms with Crippen LogP contribution in [0.15, 0.2) is 54.6 Å². The summed E-state index contributed by atoms with van der Waals surface area (Å²) in [4.78, 5) is 14.6. The highest BCUT2D eigenvalue weighted by Crippen LogP contribution is 2.52. The largest absolute Gasteiger partial charge is 0.507 e. The first-order valence-corrected chi connectivity index (χ1v) is 9.46. The van der Waals surface area contributed by atoms with Crippen LogP contribution in [0.4, 0.5) is 5.69 Å². The van der Waals surface area contributed by atoms with Gasteiger partial charge in [-0.05, 0) is 42.8 Å². The molecule has 0 aliphatic carbocycles. The molecule has 0 radical (unpaired) electrons. The standard InChI is InChI=1S/C23H20ClNO4/c1-13-10-18(21(27)12-19(13)24)23(16-7-5-4-6-15(16)22(28)29-23)17-9-8-14(25(2)3)11-20(17)26/h4-12,26-27H,1-3H3. The number of rotatable bonds is 3. The molecule has 3 aromatic rings. The monoisotopic (exact) mass is 409 g/mol. The molecule has 0 spiro atoms. The number of hydrogen-bond donors (Lipinski definition) is 2. The number of carbonyl (C=O) groups is 1. The Morgan fingerprint density at radius 1 is 0.931 bits per heavy atom. The number of cyclic esters (lactones) is 1. The summed E-state index contributed by atoms with van der Waals surface area (Å²) >= 11 is 6.18. The molecule has 4 rings (SSSR count). The van der Waals surface area contributed by atoms with Crippen molar-refractivity contribution in [2.45, 2.75) is 12.5 Å². The summed E-state index contributed by atoms with van der Waals surface area (Å²) in [5.41, 5.74) is 1.64. The van der Waals surface area contributed by atoms with E-state index in [1.807, 2.05) is 25.1 Å². The smallest absolute Gasteiger partial charge is 0.340 e. The maximum absolute atomic E-state index is 12.8. The summed E-state index contributed by atoms with van der Waals surface area (Å²) in [6.07, 6.45) is 0. The Balaban J connectivity index is 2.09. The van der Waals surface area contributed by atoms with Gasteiger partial charge in [-0.2, -0.15) is 0 Å². The number of hydrogen-bond acceptors (Lipinski definition) is 5. The van der Waals surface area contributed by atoms with Gasteiger partial charge in [-0.1, -0.05) is 29.8 Å². The van der Waals surface area contributed by atoms with Gasteiger partial charge >= 0.3 is 5.97 Å². The van der Waals surface area contributed by atoms with Crippen LogP contribution >= 0.6 is 11.6 Å². The lowest BCUT2D eigenvalue weighted by molar-refractivity contribution is 0.0239. The molecule has 1 aliphatic heterocycles. The van der Waals surface area contributed by atoms with Gasteiger partial charge in [-0.25, -0.2) is 4.79 Å². The highest BCUT2D eigenvalue weighted by Gasteiger charge is 2.51. The van der Waals surface area contributed by atoms with Gasteiger partial charge in [0, 0.05) is 47.6 Å². The second-order valence-electron chi connectivity index (χ2n) is 7.33. The third kappa shape index (κ3) is 2.81. The molecule has 0 saturated carbocycles. The van der Waals surface area contributed by atoms with Crippen LogP contribution in [0.2, 0.25) is 5.02 Å². The molecule has 148 valence electrons. The van der Waals surface area contributed by atoms with E-state index in [2.05, 4.69) is 0 Å². The normalized spacial score (nSPS) is 17.7. The summed E-state index contributed by atoms with van der Waals surface area (Å²) in [5, 5.41) is 22.1. The Kier molecular flexibility index (Phi) is 4.43. The molecule has 0 amide bonds. The number of aromatic hydroxyl groups is 2. The van der Waals surface area contributed by atoms with Crippen molar-refractivity contribution in [2.75, 3.05) is 19.0 Å². The van der Waals surface area contributed by atoms with Gasteiger partial charge in [0.1, 0.15) is 11.5 Å². The van der Waals surface area contributed by atoms with E-state index < -0.39 is 11.6 Å². The summed E-state index contributed by atoms with van der Waals surface area (Å²) in [5.74, 6) is -0.697. The van der Waals surface area contributed by atoms with Gasteiger partial charge in [-0.15, -0.1) is 0 Å². The highest BCUT2D eigenvalue weighted by atomic mass is 35.5. The zero-order valence-electron chi connectivity index (χ0n) is 16.2. The van der Waals surface area contributed by atoms with Crippen molar-refractivity contribution in [3.05, 3.63) is 87.4 Å². The minimum atomic E-state index is -1.50. The molecule has 0 fully saturated rings. The number of carbonyl (C=O) groups excluding carboxylic acids is 1. The number of aryl methyl sites for hydroxylation is 1. The van der Waals surface area contributed by atoms with Gasteiger partial charge in [0.15, 0.2) is 5.60 Å². The van der Waals surface area contributed by atoms with Crippen LogP contribution < -0.4 is 4.90 Å². The van der Waals surface area contributed by atoms with Crippen molar-refractivity contribution in [1.29, 1.82) is 0 Å². The first-order chi connectivity index (χ1) is 13.8. The van der Waals surface area contributed by atoms with E-state index in [9.17, 15) is 15.0 Å². The second kappa shape index (κ2) is 6.71. The number of halogens is 1. The summed E-state index contributed by atoms with van der Waals surface area (Å²) in [6, 6.07) is 15.2. The maximum atomic E-state index is 12.8. The fraction of sp³-hybridized carbons (Fsp3) is 0.174. The predicted octanol–water partition coefficient (Wildman–Crippen LogP) is 4.59. The third-order valence-electron chi connectivity index (χ3n) is 5.31. The Bertz CT molecular complexity index is 1140. The van der Waals surface area contributed by atoms with E-state index in [4.69, 9.17) is 16.3 Å². The molecule has 0 aromatic heterocycles. The van der Waals surface area contributed by atoms with Gasteiger partial charge in [0.25, 0.3) is 0 Å². The zero-order chi connectivity index (χ0) is 20.9. The summed E-state index contributed by atoms with van der Waals surface area (Å²) in [6.45, 7) is 1.80. The molecule has 2 N–H and O–H groups in total. The minimum Gasteiger partial charge on any atom is -0.507 e. The molecule has 1 atom stereocenters. The number of fused-ring (bicyclic) bond motifs is 1. The SMILES string of the molecule is Cc1cc(C2(c3ccc(N(C)C)cc3O)OC(=O)c3ccccc32)c(O)cc1Cl. The number of anilines is 1. The average molecular weight is 410 g/mol. The van der Waals surface area contributed by atoms with E-state index >= 15 is 0 Å². The molecule has 0 saturated heterocycles. The first kappa shape index (κ1) is 19.2. The molecule has 5 nitrogen and oxygen atoms in total. The van der Waals surface area contributed by atoms with Crippen LogP contribution in [0.3, 0.4) is 0 Å². The van der Waals surface area contributed by atoms with E-state index in [1.54, 1.807) is 49.4 Å². The van der Waals surface area contributed by atoms with Gasteiger partial charge in [-0.3, -0.25) is 0 Å². The quantitative estimate of drug-likeness (QED) is 0.619. The molecule has 1 unspecified atom stereocenters. The molecule has 1 heterocycles. The maximum Gasteiger partial charge on any atom is 0.340 e. The summed E-state index contributed by atoms with van der Waals surface area (Å²) < 4.78 is 5.93. The van der Waals surface area contributed by atoms with Crippen molar-refractivity contribution in [3.63, 3.8) is 0 Å². The van der Waals surface area contributed by atoms with E-state index in [0.717, 1.165) is 5.69 Å². The average Bonchev–Trinajstić information content (AvgIpc) is 2.98. The number of nitrogens with zero attached hydrogens (tertiary/aromatic N) is 1. The Morgan fingerprint density at radius 2 is 1.62 bits per heavy atom. The van der Waals surface area contributed by atoms with Crippen molar-refractivity contribution < 1.29 is 19.7 Å². The lowest BCUT2D eigenvalue weighted by Gasteiger charge is -2.32. The Hall–Kier alpha value is -3.18. The molecule has 29 heavy (non-hydrogen) atoms. The van der Waals surface area contributed by atoms with Crippen LogP contribution in [-0.4, -0.2) is 30.3 Å². The number of phenolic OH excluding ortho intramolecular Hbond substituents is 2. The van der Waals surface area contributed by atoms with Gasteiger partial charge in [0.2, 0.25) is 0 Å². The van der Waals surface area contributed by atoms with Crippen LogP contribution in [0.5, 0.6) is 11.5 Å². The second-order valence-corrected chi connectivity index (χ2v) is 7.74. The van der Waals surface area contributed by atoms with Crippen LogP contribution in [0, 0.1) is 6.92 Å². The Morgan fingerprint density at radius 3 is 2.31 bits per heavy atom. The molecule has 0 bridgehead atoms.